The van der Waals surface area contributed by atoms with Crippen LogP contribution in [0.15, 0.2) is 47.4 Å². The maximum Gasteiger partial charge on any atom is 0.261 e. The lowest BCUT2D eigenvalue weighted by atomic mass is 10.2. The number of carbonyl (C=O) groups is 1. The Labute approximate surface area is 153 Å². The van der Waals surface area contributed by atoms with Gasteiger partial charge >= 0.3 is 0 Å². The quantitative estimate of drug-likeness (QED) is 0.736. The fourth-order valence-electron chi connectivity index (χ4n) is 2.26. The van der Waals surface area contributed by atoms with Crippen LogP contribution in [0.25, 0.3) is 0 Å². The van der Waals surface area contributed by atoms with Gasteiger partial charge in [-0.1, -0.05) is 13.0 Å². The molecule has 26 heavy (non-hydrogen) atoms. The van der Waals surface area contributed by atoms with Crippen molar-refractivity contribution >= 4 is 21.6 Å². The summed E-state index contributed by atoms with van der Waals surface area (Å²) in [6, 6.07) is 10.6. The molecule has 0 bridgehead atoms. The van der Waals surface area contributed by atoms with Gasteiger partial charge in [0, 0.05) is 18.2 Å². The summed E-state index contributed by atoms with van der Waals surface area (Å²) >= 11 is 0. The topological polar surface area (TPSA) is 93.7 Å². The van der Waals surface area contributed by atoms with E-state index >= 15 is 0 Å². The van der Waals surface area contributed by atoms with Crippen molar-refractivity contribution in [2.45, 2.75) is 18.2 Å². The number of hydrogen-bond donors (Lipinski definition) is 2. The Kier molecular flexibility index (Phi) is 6.46. The number of amides is 1. The van der Waals surface area contributed by atoms with E-state index in [1.54, 1.807) is 18.2 Å². The number of sulfonamides is 1. The summed E-state index contributed by atoms with van der Waals surface area (Å²) in [4.78, 5) is 12.0. The van der Waals surface area contributed by atoms with E-state index in [2.05, 4.69) is 10.0 Å². The molecule has 2 rings (SSSR count). The van der Waals surface area contributed by atoms with Gasteiger partial charge in [0.15, 0.2) is 11.5 Å². The molecule has 0 heterocycles. The molecule has 1 amide bonds. The van der Waals surface area contributed by atoms with Crippen LogP contribution >= 0.6 is 0 Å². The molecule has 0 aliphatic heterocycles. The van der Waals surface area contributed by atoms with Crippen molar-refractivity contribution in [3.8, 4) is 11.5 Å². The van der Waals surface area contributed by atoms with Crippen molar-refractivity contribution in [2.24, 2.45) is 0 Å². The zero-order valence-corrected chi connectivity index (χ0v) is 15.7. The third kappa shape index (κ3) is 4.66. The highest BCUT2D eigenvalue weighted by atomic mass is 32.2. The SMILES string of the molecule is CCCNC(=O)c1cccc(S(=O)(=O)Nc2ccc(OC)c(OC)c2)c1. The van der Waals surface area contributed by atoms with E-state index in [4.69, 9.17) is 9.47 Å². The largest absolute Gasteiger partial charge is 0.493 e. The van der Waals surface area contributed by atoms with Crippen LogP contribution in [0.5, 0.6) is 11.5 Å². The van der Waals surface area contributed by atoms with Gasteiger partial charge in [-0.15, -0.1) is 0 Å². The van der Waals surface area contributed by atoms with Gasteiger partial charge in [0.2, 0.25) is 0 Å². The van der Waals surface area contributed by atoms with Crippen LogP contribution in [-0.4, -0.2) is 35.1 Å². The Morgan fingerprint density at radius 1 is 1.04 bits per heavy atom. The second-order valence-electron chi connectivity index (χ2n) is 5.46. The molecule has 0 fully saturated rings. The van der Waals surface area contributed by atoms with Gasteiger partial charge in [-0.2, -0.15) is 0 Å². The van der Waals surface area contributed by atoms with Crippen LogP contribution in [0, 0.1) is 0 Å². The molecule has 0 aliphatic carbocycles. The molecule has 0 atom stereocenters. The van der Waals surface area contributed by atoms with E-state index in [0.717, 1.165) is 6.42 Å². The first kappa shape index (κ1) is 19.6. The molecule has 0 saturated carbocycles. The van der Waals surface area contributed by atoms with Crippen molar-refractivity contribution < 1.29 is 22.7 Å². The van der Waals surface area contributed by atoms with Crippen LogP contribution < -0.4 is 19.5 Å². The minimum Gasteiger partial charge on any atom is -0.493 e. The minimum absolute atomic E-state index is 0.00330. The molecule has 0 aromatic heterocycles. The lowest BCUT2D eigenvalue weighted by Gasteiger charge is -2.12. The highest BCUT2D eigenvalue weighted by Gasteiger charge is 2.17. The van der Waals surface area contributed by atoms with Crippen LogP contribution in [0.1, 0.15) is 23.7 Å². The number of benzene rings is 2. The lowest BCUT2D eigenvalue weighted by molar-refractivity contribution is 0.0953. The Morgan fingerprint density at radius 2 is 1.77 bits per heavy atom. The van der Waals surface area contributed by atoms with Gasteiger partial charge in [-0.05, 0) is 36.8 Å². The molecule has 140 valence electrons. The van der Waals surface area contributed by atoms with Crippen molar-refractivity contribution in [1.29, 1.82) is 0 Å². The van der Waals surface area contributed by atoms with Crippen LogP contribution in [0.4, 0.5) is 5.69 Å². The van der Waals surface area contributed by atoms with Crippen molar-refractivity contribution in [2.75, 3.05) is 25.5 Å². The summed E-state index contributed by atoms with van der Waals surface area (Å²) in [5.74, 6) is 0.584. The van der Waals surface area contributed by atoms with E-state index in [-0.39, 0.29) is 16.4 Å². The third-order valence-corrected chi connectivity index (χ3v) is 4.96. The van der Waals surface area contributed by atoms with E-state index in [0.29, 0.717) is 23.7 Å². The highest BCUT2D eigenvalue weighted by molar-refractivity contribution is 7.92. The molecule has 0 aliphatic rings. The molecule has 0 radical (unpaired) electrons. The number of nitrogens with one attached hydrogen (secondary N) is 2. The molecule has 8 heteroatoms. The molecule has 0 unspecified atom stereocenters. The van der Waals surface area contributed by atoms with Gasteiger partial charge in [-0.25, -0.2) is 8.42 Å². The summed E-state index contributed by atoms with van der Waals surface area (Å²) in [6.45, 7) is 2.47. The number of methoxy groups -OCH3 is 2. The summed E-state index contributed by atoms with van der Waals surface area (Å²) in [7, 11) is -0.897. The molecule has 0 spiro atoms. The van der Waals surface area contributed by atoms with Gasteiger partial charge in [0.25, 0.3) is 15.9 Å². The number of hydrogen-bond acceptors (Lipinski definition) is 5. The molecule has 7 nitrogen and oxygen atoms in total. The average molecular weight is 378 g/mol. The minimum atomic E-state index is -3.86. The first-order valence-corrected chi connectivity index (χ1v) is 9.52. The zero-order chi connectivity index (χ0) is 19.2. The maximum atomic E-state index is 12.6. The molecular weight excluding hydrogens is 356 g/mol. The number of rotatable bonds is 8. The number of carbonyl (C=O) groups excluding carboxylic acids is 1. The molecular formula is C18H22N2O5S. The summed E-state index contributed by atoms with van der Waals surface area (Å²) in [5.41, 5.74) is 0.608. The van der Waals surface area contributed by atoms with E-state index in [9.17, 15) is 13.2 Å². The number of anilines is 1. The Morgan fingerprint density at radius 3 is 2.42 bits per heavy atom. The summed E-state index contributed by atoms with van der Waals surface area (Å²) in [6.07, 6.45) is 0.796. The lowest BCUT2D eigenvalue weighted by Crippen LogP contribution is -2.24. The Hall–Kier alpha value is -2.74. The predicted octanol–water partition coefficient (Wildman–Crippen LogP) is 2.64. The van der Waals surface area contributed by atoms with Crippen LogP contribution in [0.3, 0.4) is 0 Å². The molecule has 2 aromatic rings. The van der Waals surface area contributed by atoms with Crippen molar-refractivity contribution in [3.05, 3.63) is 48.0 Å². The first-order chi connectivity index (χ1) is 12.4. The fourth-order valence-corrected chi connectivity index (χ4v) is 3.35. The average Bonchev–Trinajstić information content (AvgIpc) is 2.65. The van der Waals surface area contributed by atoms with Crippen LogP contribution in [-0.2, 0) is 10.0 Å². The first-order valence-electron chi connectivity index (χ1n) is 8.04. The predicted molar refractivity (Wildman–Crippen MR) is 99.4 cm³/mol. The maximum absolute atomic E-state index is 12.6. The van der Waals surface area contributed by atoms with E-state index in [1.165, 1.54) is 38.5 Å². The van der Waals surface area contributed by atoms with Gasteiger partial charge in [-0.3, -0.25) is 9.52 Å². The molecule has 2 N–H and O–H groups in total. The highest BCUT2D eigenvalue weighted by Crippen LogP contribution is 2.30. The summed E-state index contributed by atoms with van der Waals surface area (Å²) in [5, 5.41) is 2.72. The standard InChI is InChI=1S/C18H22N2O5S/c1-4-10-19-18(21)13-6-5-7-15(11-13)26(22,23)20-14-8-9-16(24-2)17(12-14)25-3/h5-9,11-12,20H,4,10H2,1-3H3,(H,19,21). The summed E-state index contributed by atoms with van der Waals surface area (Å²) < 4.78 is 38.0. The normalized spacial score (nSPS) is 10.9. The smallest absolute Gasteiger partial charge is 0.261 e. The second kappa shape index (κ2) is 8.57. The fraction of sp³-hybridized carbons (Fsp3) is 0.278. The van der Waals surface area contributed by atoms with Crippen LogP contribution in [0.2, 0.25) is 0 Å². The van der Waals surface area contributed by atoms with E-state index < -0.39 is 10.0 Å². The third-order valence-electron chi connectivity index (χ3n) is 3.58. The van der Waals surface area contributed by atoms with Gasteiger partial charge < -0.3 is 14.8 Å². The van der Waals surface area contributed by atoms with Gasteiger partial charge in [0.05, 0.1) is 24.8 Å². The number of ether oxygens (including phenoxy) is 2. The van der Waals surface area contributed by atoms with E-state index in [1.807, 2.05) is 6.92 Å². The zero-order valence-electron chi connectivity index (χ0n) is 14.9. The van der Waals surface area contributed by atoms with Crippen molar-refractivity contribution in [1.82, 2.24) is 5.32 Å². The molecule has 0 saturated heterocycles. The second-order valence-corrected chi connectivity index (χ2v) is 7.14. The monoisotopic (exact) mass is 378 g/mol. The van der Waals surface area contributed by atoms with Gasteiger partial charge in [0.1, 0.15) is 0 Å². The van der Waals surface area contributed by atoms with Crippen molar-refractivity contribution in [3.63, 3.8) is 0 Å². The Balaban J connectivity index is 2.26. The Bertz CT molecular complexity index is 881. The molecule has 2 aromatic carbocycles.